The first-order valence-electron chi connectivity index (χ1n) is 6.40. The lowest BCUT2D eigenvalue weighted by molar-refractivity contribution is -0.172. The zero-order valence-electron chi connectivity index (χ0n) is 11.0. The predicted molar refractivity (Wildman–Crippen MR) is 65.2 cm³/mol. The van der Waals surface area contributed by atoms with Gasteiger partial charge in [0.1, 0.15) is 0 Å². The number of ether oxygens (including phenoxy) is 2. The molecular formula is C13H26O3. The van der Waals surface area contributed by atoms with Gasteiger partial charge in [0.2, 0.25) is 6.29 Å². The fraction of sp³-hybridized carbons (Fsp3) is 0.923. The van der Waals surface area contributed by atoms with Crippen LogP contribution in [0.2, 0.25) is 0 Å². The van der Waals surface area contributed by atoms with Gasteiger partial charge in [-0.25, -0.2) is 0 Å². The first-order chi connectivity index (χ1) is 7.70. The number of carbonyl (C=O) groups excluding carboxylic acids is 1. The topological polar surface area (TPSA) is 35.5 Å². The Morgan fingerprint density at radius 3 is 2.12 bits per heavy atom. The van der Waals surface area contributed by atoms with Crippen LogP contribution in [0.4, 0.5) is 0 Å². The minimum Gasteiger partial charge on any atom is -0.436 e. The van der Waals surface area contributed by atoms with Crippen LogP contribution in [0, 0.1) is 0 Å². The number of rotatable bonds is 10. The normalized spacial score (nSPS) is 12.4. The lowest BCUT2D eigenvalue weighted by Gasteiger charge is -2.14. The van der Waals surface area contributed by atoms with E-state index in [2.05, 4.69) is 6.92 Å². The van der Waals surface area contributed by atoms with Crippen molar-refractivity contribution in [3.8, 4) is 0 Å². The summed E-state index contributed by atoms with van der Waals surface area (Å²) in [7, 11) is 1.58. The van der Waals surface area contributed by atoms with Gasteiger partial charge >= 0.3 is 5.97 Å². The molecule has 0 radical (unpaired) electrons. The Morgan fingerprint density at radius 2 is 1.62 bits per heavy atom. The molecule has 0 N–H and O–H groups in total. The largest absolute Gasteiger partial charge is 0.436 e. The van der Waals surface area contributed by atoms with Crippen molar-refractivity contribution in [2.45, 2.75) is 71.5 Å². The summed E-state index contributed by atoms with van der Waals surface area (Å²) >= 11 is 0. The number of carbonyl (C=O) groups is 1. The van der Waals surface area contributed by atoms with E-state index in [1.165, 1.54) is 45.4 Å². The van der Waals surface area contributed by atoms with E-state index in [9.17, 15) is 4.79 Å². The summed E-state index contributed by atoms with van der Waals surface area (Å²) in [5.74, 6) is -0.269. The van der Waals surface area contributed by atoms with Gasteiger partial charge in [0, 0.05) is 20.5 Å². The number of hydrogen-bond donors (Lipinski definition) is 0. The van der Waals surface area contributed by atoms with E-state index in [1.807, 2.05) is 0 Å². The molecule has 3 heteroatoms. The fourth-order valence-electron chi connectivity index (χ4n) is 1.68. The van der Waals surface area contributed by atoms with Gasteiger partial charge in [-0.1, -0.05) is 45.4 Å². The summed E-state index contributed by atoms with van der Waals surface area (Å²) in [5, 5.41) is 0. The number of unbranched alkanes of at least 4 members (excludes halogenated alkanes) is 6. The Balaban J connectivity index is 3.31. The lowest BCUT2D eigenvalue weighted by Crippen LogP contribution is -2.18. The van der Waals surface area contributed by atoms with E-state index in [-0.39, 0.29) is 12.3 Å². The maximum atomic E-state index is 10.7. The molecule has 0 aliphatic heterocycles. The second-order valence-corrected chi connectivity index (χ2v) is 4.18. The molecule has 0 aromatic heterocycles. The molecule has 0 saturated heterocycles. The molecule has 96 valence electrons. The second kappa shape index (κ2) is 10.9. The quantitative estimate of drug-likeness (QED) is 0.326. The Labute approximate surface area is 99.5 Å². The van der Waals surface area contributed by atoms with E-state index in [4.69, 9.17) is 9.47 Å². The van der Waals surface area contributed by atoms with Crippen LogP contribution >= 0.6 is 0 Å². The van der Waals surface area contributed by atoms with E-state index >= 15 is 0 Å². The van der Waals surface area contributed by atoms with Gasteiger partial charge in [0.15, 0.2) is 0 Å². The molecule has 0 amide bonds. The molecule has 0 aromatic carbocycles. The zero-order chi connectivity index (χ0) is 12.2. The van der Waals surface area contributed by atoms with Crippen LogP contribution < -0.4 is 0 Å². The average Bonchev–Trinajstić information content (AvgIpc) is 2.25. The molecular weight excluding hydrogens is 204 g/mol. The van der Waals surface area contributed by atoms with E-state index in [0.717, 1.165) is 12.8 Å². The first kappa shape index (κ1) is 15.4. The number of methoxy groups -OCH3 is 1. The van der Waals surface area contributed by atoms with Crippen LogP contribution in [0.3, 0.4) is 0 Å². The van der Waals surface area contributed by atoms with Crippen molar-refractivity contribution in [2.75, 3.05) is 7.11 Å². The van der Waals surface area contributed by atoms with Crippen LogP contribution in [-0.2, 0) is 14.3 Å². The average molecular weight is 230 g/mol. The van der Waals surface area contributed by atoms with Gasteiger partial charge in [0.05, 0.1) is 0 Å². The van der Waals surface area contributed by atoms with Crippen LogP contribution in [0.25, 0.3) is 0 Å². The Bertz CT molecular complexity index is 169. The highest BCUT2D eigenvalue weighted by atomic mass is 16.7. The Hall–Kier alpha value is -0.570. The molecule has 3 nitrogen and oxygen atoms in total. The molecule has 0 bridgehead atoms. The van der Waals surface area contributed by atoms with Gasteiger partial charge < -0.3 is 9.47 Å². The highest BCUT2D eigenvalue weighted by Crippen LogP contribution is 2.11. The molecule has 0 fully saturated rings. The molecule has 0 rings (SSSR count). The molecule has 1 atom stereocenters. The van der Waals surface area contributed by atoms with Gasteiger partial charge in [-0.3, -0.25) is 4.79 Å². The van der Waals surface area contributed by atoms with Crippen molar-refractivity contribution in [3.63, 3.8) is 0 Å². The van der Waals surface area contributed by atoms with Crippen LogP contribution in [0.15, 0.2) is 0 Å². The van der Waals surface area contributed by atoms with Crippen molar-refractivity contribution < 1.29 is 14.3 Å². The second-order valence-electron chi connectivity index (χ2n) is 4.18. The van der Waals surface area contributed by atoms with Gasteiger partial charge in [-0.05, 0) is 6.42 Å². The van der Waals surface area contributed by atoms with Crippen LogP contribution in [0.5, 0.6) is 0 Å². The number of esters is 1. The molecule has 0 aliphatic rings. The minimum atomic E-state index is -0.354. The highest BCUT2D eigenvalue weighted by Gasteiger charge is 2.09. The SMILES string of the molecule is CCCCCCCCCC(OC)OC(C)=O. The molecule has 0 spiro atoms. The Kier molecular flexibility index (Phi) is 10.5. The van der Waals surface area contributed by atoms with Crippen molar-refractivity contribution in [1.82, 2.24) is 0 Å². The van der Waals surface area contributed by atoms with Crippen molar-refractivity contribution in [2.24, 2.45) is 0 Å². The van der Waals surface area contributed by atoms with Gasteiger partial charge in [-0.2, -0.15) is 0 Å². The van der Waals surface area contributed by atoms with E-state index < -0.39 is 0 Å². The molecule has 0 heterocycles. The summed E-state index contributed by atoms with van der Waals surface area (Å²) < 4.78 is 10.0. The monoisotopic (exact) mass is 230 g/mol. The molecule has 16 heavy (non-hydrogen) atoms. The summed E-state index contributed by atoms with van der Waals surface area (Å²) in [6.07, 6.45) is 9.29. The minimum absolute atomic E-state index is 0.269. The van der Waals surface area contributed by atoms with E-state index in [0.29, 0.717) is 0 Å². The third-order valence-electron chi connectivity index (χ3n) is 2.60. The van der Waals surface area contributed by atoms with Crippen LogP contribution in [-0.4, -0.2) is 19.4 Å². The third-order valence-corrected chi connectivity index (χ3v) is 2.60. The maximum Gasteiger partial charge on any atom is 0.304 e. The van der Waals surface area contributed by atoms with Crippen molar-refractivity contribution >= 4 is 5.97 Å². The van der Waals surface area contributed by atoms with Gasteiger partial charge in [-0.15, -0.1) is 0 Å². The van der Waals surface area contributed by atoms with E-state index in [1.54, 1.807) is 7.11 Å². The summed E-state index contributed by atoms with van der Waals surface area (Å²) in [6, 6.07) is 0. The standard InChI is InChI=1S/C13H26O3/c1-4-5-6-7-8-9-10-11-13(15-3)16-12(2)14/h13H,4-11H2,1-3H3. The van der Waals surface area contributed by atoms with Crippen LogP contribution in [0.1, 0.15) is 65.2 Å². The predicted octanol–water partition coefficient (Wildman–Crippen LogP) is 3.66. The summed E-state index contributed by atoms with van der Waals surface area (Å²) in [5.41, 5.74) is 0. The first-order valence-corrected chi connectivity index (χ1v) is 6.40. The molecule has 0 saturated carbocycles. The fourth-order valence-corrected chi connectivity index (χ4v) is 1.68. The zero-order valence-corrected chi connectivity index (χ0v) is 11.0. The molecule has 0 aromatic rings. The molecule has 1 unspecified atom stereocenters. The highest BCUT2D eigenvalue weighted by molar-refractivity contribution is 5.66. The summed E-state index contributed by atoms with van der Waals surface area (Å²) in [4.78, 5) is 10.7. The lowest BCUT2D eigenvalue weighted by atomic mass is 10.1. The summed E-state index contributed by atoms with van der Waals surface area (Å²) in [6.45, 7) is 3.64. The van der Waals surface area contributed by atoms with Crippen molar-refractivity contribution in [3.05, 3.63) is 0 Å². The van der Waals surface area contributed by atoms with Crippen molar-refractivity contribution in [1.29, 1.82) is 0 Å². The molecule has 0 aliphatic carbocycles. The van der Waals surface area contributed by atoms with Gasteiger partial charge in [0.25, 0.3) is 0 Å². The maximum absolute atomic E-state index is 10.7. The Morgan fingerprint density at radius 1 is 1.06 bits per heavy atom. The third kappa shape index (κ3) is 9.97. The smallest absolute Gasteiger partial charge is 0.304 e. The number of hydrogen-bond acceptors (Lipinski definition) is 3.